The number of carbonyl (C=O) groups is 1. The van der Waals surface area contributed by atoms with Crippen molar-refractivity contribution < 1.29 is 18.3 Å². The van der Waals surface area contributed by atoms with Crippen molar-refractivity contribution in [3.63, 3.8) is 0 Å². The number of nitrogens with zero attached hydrogens (tertiary/aromatic N) is 2. The minimum absolute atomic E-state index is 0.126. The number of carboxylic acid groups (broad SMARTS) is 1. The minimum Gasteiger partial charge on any atom is -0.480 e. The fraction of sp³-hybridized carbons (Fsp3) is 0.222. The van der Waals surface area contributed by atoms with Gasteiger partial charge in [-0.3, -0.25) is 4.79 Å². The van der Waals surface area contributed by atoms with Crippen LogP contribution in [0.3, 0.4) is 0 Å². The van der Waals surface area contributed by atoms with Crippen LogP contribution in [0.5, 0.6) is 0 Å². The first-order valence-corrected chi connectivity index (χ1v) is 9.47. The Labute approximate surface area is 145 Å². The number of hydrogen-bond donors (Lipinski definition) is 1. The molecule has 0 saturated carbocycles. The second kappa shape index (κ2) is 6.68. The maximum Gasteiger partial charge on any atom is 0.323 e. The molecule has 2 aromatic carbocycles. The molecule has 1 aromatic heterocycles. The first kappa shape index (κ1) is 17.2. The molecule has 0 aliphatic rings. The largest absolute Gasteiger partial charge is 0.480 e. The van der Waals surface area contributed by atoms with Gasteiger partial charge in [0.05, 0.1) is 21.7 Å². The third-order valence-corrected chi connectivity index (χ3v) is 5.73. The fourth-order valence-corrected chi connectivity index (χ4v) is 3.95. The van der Waals surface area contributed by atoms with Crippen LogP contribution >= 0.6 is 0 Å². The Bertz CT molecular complexity index is 1020. The lowest BCUT2D eigenvalue weighted by atomic mass is 10.2. The number of fused-ring (bicyclic) bond motifs is 1. The molecule has 0 aliphatic heterocycles. The van der Waals surface area contributed by atoms with Crippen molar-refractivity contribution in [1.29, 1.82) is 0 Å². The average Bonchev–Trinajstić information content (AvgIpc) is 2.91. The molecule has 7 heteroatoms. The molecule has 0 amide bonds. The Hall–Kier alpha value is -2.67. The fourth-order valence-electron chi connectivity index (χ4n) is 2.72. The van der Waals surface area contributed by atoms with Crippen molar-refractivity contribution >= 4 is 26.8 Å². The van der Waals surface area contributed by atoms with E-state index in [1.807, 2.05) is 13.0 Å². The van der Waals surface area contributed by atoms with Gasteiger partial charge in [0.15, 0.2) is 9.84 Å². The van der Waals surface area contributed by atoms with Gasteiger partial charge in [0.2, 0.25) is 0 Å². The van der Waals surface area contributed by atoms with E-state index in [9.17, 15) is 13.2 Å². The topological polar surface area (TPSA) is 89.3 Å². The van der Waals surface area contributed by atoms with Gasteiger partial charge in [0.25, 0.3) is 0 Å². The van der Waals surface area contributed by atoms with Crippen LogP contribution in [0, 0.1) is 6.92 Å². The van der Waals surface area contributed by atoms with E-state index in [0.717, 1.165) is 5.56 Å². The van der Waals surface area contributed by atoms with Crippen LogP contribution in [0.2, 0.25) is 0 Å². The van der Waals surface area contributed by atoms with Gasteiger partial charge in [-0.05, 0) is 31.2 Å². The summed E-state index contributed by atoms with van der Waals surface area (Å²) in [6, 6.07) is 13.9. The monoisotopic (exact) mass is 358 g/mol. The molecular formula is C18H18N2O4S. The molecule has 0 fully saturated rings. The second-order valence-electron chi connectivity index (χ2n) is 5.88. The lowest BCUT2D eigenvalue weighted by Crippen LogP contribution is -2.16. The zero-order valence-electron chi connectivity index (χ0n) is 13.7. The molecule has 3 aromatic rings. The summed E-state index contributed by atoms with van der Waals surface area (Å²) in [5, 5.41) is 9.13. The highest BCUT2D eigenvalue weighted by molar-refractivity contribution is 7.91. The van der Waals surface area contributed by atoms with Crippen molar-refractivity contribution in [2.75, 3.05) is 5.75 Å². The summed E-state index contributed by atoms with van der Waals surface area (Å²) < 4.78 is 26.6. The van der Waals surface area contributed by atoms with E-state index in [1.54, 1.807) is 47.0 Å². The molecule has 0 saturated heterocycles. The summed E-state index contributed by atoms with van der Waals surface area (Å²) in [5.41, 5.74) is 2.33. The van der Waals surface area contributed by atoms with E-state index in [2.05, 4.69) is 4.98 Å². The molecule has 0 spiro atoms. The summed E-state index contributed by atoms with van der Waals surface area (Å²) in [6.07, 6.45) is 0.151. The number of aliphatic carboxylic acids is 1. The molecule has 0 bridgehead atoms. The Morgan fingerprint density at radius 1 is 1.12 bits per heavy atom. The van der Waals surface area contributed by atoms with Crippen LogP contribution < -0.4 is 0 Å². The van der Waals surface area contributed by atoms with Crippen LogP contribution in [0.1, 0.15) is 11.4 Å². The van der Waals surface area contributed by atoms with E-state index in [0.29, 0.717) is 16.9 Å². The SMILES string of the molecule is Cc1ccc(S(=O)(=O)CCc2nc3ccccc3n2CC(=O)O)cc1. The third-order valence-electron chi connectivity index (χ3n) is 4.00. The molecule has 1 heterocycles. The molecule has 0 unspecified atom stereocenters. The summed E-state index contributed by atoms with van der Waals surface area (Å²) >= 11 is 0. The molecule has 6 nitrogen and oxygen atoms in total. The van der Waals surface area contributed by atoms with Gasteiger partial charge in [-0.15, -0.1) is 0 Å². The van der Waals surface area contributed by atoms with E-state index in [1.165, 1.54) is 0 Å². The quantitative estimate of drug-likeness (QED) is 0.731. The Kier molecular flexibility index (Phi) is 4.59. The third kappa shape index (κ3) is 3.71. The standard InChI is InChI=1S/C18H18N2O4S/c1-13-6-8-14(9-7-13)25(23,24)11-10-17-19-15-4-2-3-5-16(15)20(17)12-18(21)22/h2-9H,10-12H2,1H3,(H,21,22). The highest BCUT2D eigenvalue weighted by Crippen LogP contribution is 2.18. The van der Waals surface area contributed by atoms with Crippen LogP contribution in [0.25, 0.3) is 11.0 Å². The van der Waals surface area contributed by atoms with Crippen LogP contribution in [-0.2, 0) is 27.6 Å². The molecular weight excluding hydrogens is 340 g/mol. The molecule has 0 atom stereocenters. The van der Waals surface area contributed by atoms with Crippen molar-refractivity contribution in [3.05, 3.63) is 59.9 Å². The first-order valence-electron chi connectivity index (χ1n) is 7.82. The highest BCUT2D eigenvalue weighted by atomic mass is 32.2. The molecule has 130 valence electrons. The average molecular weight is 358 g/mol. The smallest absolute Gasteiger partial charge is 0.323 e. The van der Waals surface area contributed by atoms with Gasteiger partial charge in [-0.25, -0.2) is 13.4 Å². The number of para-hydroxylation sites is 2. The lowest BCUT2D eigenvalue weighted by molar-refractivity contribution is -0.137. The zero-order chi connectivity index (χ0) is 18.0. The summed E-state index contributed by atoms with van der Waals surface area (Å²) in [4.78, 5) is 15.8. The van der Waals surface area contributed by atoms with Gasteiger partial charge in [-0.1, -0.05) is 29.8 Å². The van der Waals surface area contributed by atoms with E-state index >= 15 is 0 Å². The van der Waals surface area contributed by atoms with Crippen molar-refractivity contribution in [3.8, 4) is 0 Å². The number of aryl methyl sites for hydroxylation is 2. The molecule has 1 N–H and O–H groups in total. The molecule has 0 aliphatic carbocycles. The second-order valence-corrected chi connectivity index (χ2v) is 7.99. The maximum absolute atomic E-state index is 12.5. The van der Waals surface area contributed by atoms with E-state index < -0.39 is 15.8 Å². The number of aromatic nitrogens is 2. The normalized spacial score (nSPS) is 11.7. The summed E-state index contributed by atoms with van der Waals surface area (Å²) in [5.74, 6) is -0.663. The van der Waals surface area contributed by atoms with Crippen molar-refractivity contribution in [1.82, 2.24) is 9.55 Å². The van der Waals surface area contributed by atoms with E-state index in [-0.39, 0.29) is 23.6 Å². The van der Waals surface area contributed by atoms with Crippen molar-refractivity contribution in [2.45, 2.75) is 24.8 Å². The predicted octanol–water partition coefficient (Wildman–Crippen LogP) is 2.45. The number of imidazole rings is 1. The molecule has 0 radical (unpaired) electrons. The van der Waals surface area contributed by atoms with Gasteiger partial charge < -0.3 is 9.67 Å². The summed E-state index contributed by atoms with van der Waals surface area (Å²) in [7, 11) is -3.46. The summed E-state index contributed by atoms with van der Waals surface area (Å²) in [6.45, 7) is 1.64. The van der Waals surface area contributed by atoms with Crippen molar-refractivity contribution in [2.24, 2.45) is 0 Å². The van der Waals surface area contributed by atoms with Crippen LogP contribution in [0.15, 0.2) is 53.4 Å². The minimum atomic E-state index is -3.46. The van der Waals surface area contributed by atoms with Gasteiger partial charge in [-0.2, -0.15) is 0 Å². The Morgan fingerprint density at radius 2 is 1.80 bits per heavy atom. The first-order chi connectivity index (χ1) is 11.9. The van der Waals surface area contributed by atoms with E-state index in [4.69, 9.17) is 5.11 Å². The Balaban J connectivity index is 1.90. The van der Waals surface area contributed by atoms with Gasteiger partial charge in [0.1, 0.15) is 12.4 Å². The number of sulfone groups is 1. The zero-order valence-corrected chi connectivity index (χ0v) is 14.5. The number of benzene rings is 2. The van der Waals surface area contributed by atoms with Crippen LogP contribution in [-0.4, -0.2) is 34.8 Å². The Morgan fingerprint density at radius 3 is 2.48 bits per heavy atom. The maximum atomic E-state index is 12.5. The number of carboxylic acids is 1. The lowest BCUT2D eigenvalue weighted by Gasteiger charge is -2.08. The van der Waals surface area contributed by atoms with Gasteiger partial charge >= 0.3 is 5.97 Å². The highest BCUT2D eigenvalue weighted by Gasteiger charge is 2.18. The number of hydrogen-bond acceptors (Lipinski definition) is 4. The predicted molar refractivity (Wildman–Crippen MR) is 94.3 cm³/mol. The molecule has 25 heavy (non-hydrogen) atoms. The molecule has 3 rings (SSSR count). The van der Waals surface area contributed by atoms with Crippen LogP contribution in [0.4, 0.5) is 0 Å². The van der Waals surface area contributed by atoms with Gasteiger partial charge in [0, 0.05) is 6.42 Å². The number of rotatable bonds is 6.